The molecule has 3 rings (SSSR count). The second kappa shape index (κ2) is 6.32. The van der Waals surface area contributed by atoms with Gasteiger partial charge in [-0.15, -0.1) is 0 Å². The summed E-state index contributed by atoms with van der Waals surface area (Å²) >= 11 is 0. The van der Waals surface area contributed by atoms with Crippen LogP contribution in [0.15, 0.2) is 30.3 Å². The maximum Gasteiger partial charge on any atom is 0.232 e. The lowest BCUT2D eigenvalue weighted by Gasteiger charge is -2.23. The van der Waals surface area contributed by atoms with Gasteiger partial charge in [0.15, 0.2) is 0 Å². The number of benzene rings is 1. The third kappa shape index (κ3) is 2.90. The fourth-order valence-corrected chi connectivity index (χ4v) is 2.90. The van der Waals surface area contributed by atoms with Crippen LogP contribution in [-0.2, 0) is 11.2 Å². The smallest absolute Gasteiger partial charge is 0.232 e. The molecule has 1 unspecified atom stereocenters. The summed E-state index contributed by atoms with van der Waals surface area (Å²) in [5, 5.41) is 3.29. The van der Waals surface area contributed by atoms with E-state index in [1.165, 1.54) is 11.3 Å². The molecule has 1 aliphatic rings. The summed E-state index contributed by atoms with van der Waals surface area (Å²) in [6.45, 7) is 5.60. The molecule has 2 heterocycles. The highest BCUT2D eigenvalue weighted by atomic mass is 16.5. The predicted molar refractivity (Wildman–Crippen MR) is 88.9 cm³/mol. The summed E-state index contributed by atoms with van der Waals surface area (Å²) in [5.74, 6) is 1.61. The molecule has 0 amide bonds. The lowest BCUT2D eigenvalue weighted by atomic mass is 10.1. The lowest BCUT2D eigenvalue weighted by Crippen LogP contribution is -2.26. The number of anilines is 3. The Kier molecular flexibility index (Phi) is 4.24. The van der Waals surface area contributed by atoms with E-state index in [4.69, 9.17) is 4.74 Å². The molecule has 0 bridgehead atoms. The van der Waals surface area contributed by atoms with E-state index in [1.54, 1.807) is 7.11 Å². The number of para-hydroxylation sites is 1. The van der Waals surface area contributed by atoms with Crippen molar-refractivity contribution in [1.82, 2.24) is 9.97 Å². The largest absolute Gasteiger partial charge is 0.383 e. The number of aryl methyl sites for hydroxylation is 1. The first kappa shape index (κ1) is 14.8. The number of nitrogens with zero attached hydrogens (tertiary/aromatic N) is 3. The Labute approximate surface area is 131 Å². The van der Waals surface area contributed by atoms with Gasteiger partial charge < -0.3 is 15.0 Å². The Hall–Kier alpha value is -2.14. The SMILES string of the molecule is COCCNc1cc(C)nc(N2c3ccccc3CC2C)n1. The number of ether oxygens (including phenoxy) is 1. The van der Waals surface area contributed by atoms with E-state index in [2.05, 4.69) is 51.4 Å². The number of nitrogens with one attached hydrogen (secondary N) is 1. The van der Waals surface area contributed by atoms with Crippen molar-refractivity contribution in [3.05, 3.63) is 41.6 Å². The van der Waals surface area contributed by atoms with Gasteiger partial charge in [0.25, 0.3) is 0 Å². The van der Waals surface area contributed by atoms with Gasteiger partial charge in [-0.1, -0.05) is 18.2 Å². The van der Waals surface area contributed by atoms with Crippen molar-refractivity contribution in [2.75, 3.05) is 30.5 Å². The summed E-state index contributed by atoms with van der Waals surface area (Å²) < 4.78 is 5.07. The number of aromatic nitrogens is 2. The zero-order valence-electron chi connectivity index (χ0n) is 13.3. The lowest BCUT2D eigenvalue weighted by molar-refractivity contribution is 0.210. The predicted octanol–water partition coefficient (Wildman–Crippen LogP) is 2.93. The molecule has 116 valence electrons. The second-order valence-corrected chi connectivity index (χ2v) is 5.67. The minimum absolute atomic E-state index is 0.367. The Morgan fingerprint density at radius 1 is 1.32 bits per heavy atom. The van der Waals surface area contributed by atoms with Crippen LogP contribution in [0.5, 0.6) is 0 Å². The fourth-order valence-electron chi connectivity index (χ4n) is 2.90. The van der Waals surface area contributed by atoms with Gasteiger partial charge in [0.2, 0.25) is 5.95 Å². The minimum Gasteiger partial charge on any atom is -0.383 e. The van der Waals surface area contributed by atoms with Crippen molar-refractivity contribution >= 4 is 17.5 Å². The quantitative estimate of drug-likeness (QED) is 0.860. The van der Waals surface area contributed by atoms with E-state index in [0.29, 0.717) is 12.6 Å². The second-order valence-electron chi connectivity index (χ2n) is 5.67. The summed E-state index contributed by atoms with van der Waals surface area (Å²) in [4.78, 5) is 11.5. The van der Waals surface area contributed by atoms with E-state index in [-0.39, 0.29) is 0 Å². The van der Waals surface area contributed by atoms with Crippen LogP contribution in [0.25, 0.3) is 0 Å². The van der Waals surface area contributed by atoms with Crippen molar-refractivity contribution in [3.8, 4) is 0 Å². The van der Waals surface area contributed by atoms with Crippen molar-refractivity contribution in [2.45, 2.75) is 26.3 Å². The molecule has 1 aromatic carbocycles. The monoisotopic (exact) mass is 298 g/mol. The molecule has 0 aliphatic carbocycles. The highest BCUT2D eigenvalue weighted by Crippen LogP contribution is 2.36. The van der Waals surface area contributed by atoms with Crippen LogP contribution >= 0.6 is 0 Å². The zero-order chi connectivity index (χ0) is 15.5. The molecule has 0 saturated heterocycles. The first-order valence-corrected chi connectivity index (χ1v) is 7.64. The first-order valence-electron chi connectivity index (χ1n) is 7.64. The van der Waals surface area contributed by atoms with Crippen LogP contribution in [-0.4, -0.2) is 36.3 Å². The normalized spacial score (nSPS) is 16.7. The Morgan fingerprint density at radius 3 is 2.95 bits per heavy atom. The third-order valence-corrected chi connectivity index (χ3v) is 3.88. The Morgan fingerprint density at radius 2 is 2.14 bits per heavy atom. The van der Waals surface area contributed by atoms with E-state index >= 15 is 0 Å². The number of hydrogen-bond donors (Lipinski definition) is 1. The van der Waals surface area contributed by atoms with Crippen molar-refractivity contribution < 1.29 is 4.74 Å². The third-order valence-electron chi connectivity index (χ3n) is 3.88. The molecular formula is C17H22N4O. The van der Waals surface area contributed by atoms with Crippen LogP contribution in [0.3, 0.4) is 0 Å². The molecular weight excluding hydrogens is 276 g/mol. The topological polar surface area (TPSA) is 50.3 Å². The van der Waals surface area contributed by atoms with Gasteiger partial charge in [0.05, 0.1) is 6.61 Å². The minimum atomic E-state index is 0.367. The maximum absolute atomic E-state index is 5.07. The zero-order valence-corrected chi connectivity index (χ0v) is 13.3. The Bertz CT molecular complexity index is 659. The van der Waals surface area contributed by atoms with E-state index in [1.807, 2.05) is 13.0 Å². The summed E-state index contributed by atoms with van der Waals surface area (Å²) in [7, 11) is 1.70. The molecule has 0 radical (unpaired) electrons. The van der Waals surface area contributed by atoms with E-state index < -0.39 is 0 Å². The van der Waals surface area contributed by atoms with Crippen LogP contribution in [0.1, 0.15) is 18.2 Å². The molecule has 5 nitrogen and oxygen atoms in total. The first-order chi connectivity index (χ1) is 10.7. The van der Waals surface area contributed by atoms with Crippen LogP contribution in [0, 0.1) is 6.92 Å². The maximum atomic E-state index is 5.07. The van der Waals surface area contributed by atoms with Crippen molar-refractivity contribution in [2.24, 2.45) is 0 Å². The number of rotatable bonds is 5. The van der Waals surface area contributed by atoms with Gasteiger partial charge in [-0.3, -0.25) is 0 Å². The molecule has 1 aliphatic heterocycles. The van der Waals surface area contributed by atoms with Crippen LogP contribution in [0.2, 0.25) is 0 Å². The molecule has 22 heavy (non-hydrogen) atoms. The molecule has 1 N–H and O–H groups in total. The highest BCUT2D eigenvalue weighted by Gasteiger charge is 2.28. The average Bonchev–Trinajstić information content (AvgIpc) is 2.82. The fraction of sp³-hybridized carbons (Fsp3) is 0.412. The van der Waals surface area contributed by atoms with E-state index in [9.17, 15) is 0 Å². The van der Waals surface area contributed by atoms with Gasteiger partial charge in [-0.05, 0) is 31.9 Å². The summed E-state index contributed by atoms with van der Waals surface area (Å²) in [6, 6.07) is 10.8. The van der Waals surface area contributed by atoms with Crippen molar-refractivity contribution in [1.29, 1.82) is 0 Å². The van der Waals surface area contributed by atoms with Crippen molar-refractivity contribution in [3.63, 3.8) is 0 Å². The van der Waals surface area contributed by atoms with Crippen LogP contribution < -0.4 is 10.2 Å². The average molecular weight is 298 g/mol. The number of methoxy groups -OCH3 is 1. The molecule has 0 spiro atoms. The van der Waals surface area contributed by atoms with E-state index in [0.717, 1.165) is 30.4 Å². The summed E-state index contributed by atoms with van der Waals surface area (Å²) in [5.41, 5.74) is 3.53. The molecule has 2 aromatic rings. The standard InChI is InChI=1S/C17H22N4O/c1-12-10-16(18-8-9-22-3)20-17(19-12)21-13(2)11-14-6-4-5-7-15(14)21/h4-7,10,13H,8-9,11H2,1-3H3,(H,18,19,20). The van der Waals surface area contributed by atoms with Gasteiger partial charge in [-0.2, -0.15) is 4.98 Å². The van der Waals surface area contributed by atoms with Gasteiger partial charge in [0, 0.05) is 37.1 Å². The Balaban J connectivity index is 1.91. The molecule has 1 atom stereocenters. The number of fused-ring (bicyclic) bond motifs is 1. The van der Waals surface area contributed by atoms with Gasteiger partial charge >= 0.3 is 0 Å². The molecule has 5 heteroatoms. The van der Waals surface area contributed by atoms with Gasteiger partial charge in [0.1, 0.15) is 5.82 Å². The van der Waals surface area contributed by atoms with Gasteiger partial charge in [-0.25, -0.2) is 4.98 Å². The molecule has 0 fully saturated rings. The number of hydrogen-bond acceptors (Lipinski definition) is 5. The van der Waals surface area contributed by atoms with Crippen LogP contribution in [0.4, 0.5) is 17.5 Å². The molecule has 0 saturated carbocycles. The molecule has 1 aromatic heterocycles. The summed E-state index contributed by atoms with van der Waals surface area (Å²) in [6.07, 6.45) is 1.03. The highest BCUT2D eigenvalue weighted by molar-refractivity contribution is 5.67.